The molecule has 0 aliphatic carbocycles. The highest BCUT2D eigenvalue weighted by Crippen LogP contribution is 2.28. The Labute approximate surface area is 121 Å². The van der Waals surface area contributed by atoms with E-state index in [1.165, 1.54) is 0 Å². The standard InChI is InChI=1S/C13H21ClN4Si/c1-13(2,3)18(19(5)6)12-15-10(14)9-7-8-17(4)11(9)16-12/h7-8,19H,1-6H3. The maximum Gasteiger partial charge on any atom is 0.220 e. The molecule has 0 saturated carbocycles. The van der Waals surface area contributed by atoms with Gasteiger partial charge in [-0.05, 0) is 26.8 Å². The number of fused-ring (bicyclic) bond motifs is 1. The Morgan fingerprint density at radius 2 is 1.89 bits per heavy atom. The van der Waals surface area contributed by atoms with Crippen LogP contribution in [0.15, 0.2) is 12.3 Å². The van der Waals surface area contributed by atoms with Gasteiger partial charge in [-0.25, -0.2) is 4.98 Å². The van der Waals surface area contributed by atoms with Gasteiger partial charge in [-0.2, -0.15) is 4.98 Å². The highest BCUT2D eigenvalue weighted by atomic mass is 35.5. The van der Waals surface area contributed by atoms with E-state index >= 15 is 0 Å². The number of hydrogen-bond donors (Lipinski definition) is 0. The Kier molecular flexibility index (Phi) is 3.62. The average molecular weight is 297 g/mol. The van der Waals surface area contributed by atoms with Gasteiger partial charge in [0.1, 0.15) is 19.8 Å². The van der Waals surface area contributed by atoms with Crippen LogP contribution in [0.3, 0.4) is 0 Å². The predicted octanol–water partition coefficient (Wildman–Crippen LogP) is 3.21. The highest BCUT2D eigenvalue weighted by molar-refractivity contribution is 6.60. The molecule has 0 N–H and O–H groups in total. The third-order valence-electron chi connectivity index (χ3n) is 3.12. The lowest BCUT2D eigenvalue weighted by Crippen LogP contribution is -2.49. The van der Waals surface area contributed by atoms with Crippen molar-refractivity contribution < 1.29 is 0 Å². The molecule has 2 heterocycles. The third-order valence-corrected chi connectivity index (χ3v) is 5.45. The highest BCUT2D eigenvalue weighted by Gasteiger charge is 2.27. The first-order chi connectivity index (χ1) is 8.71. The average Bonchev–Trinajstić information content (AvgIpc) is 2.58. The molecular formula is C13H21ClN4Si. The molecule has 0 spiro atoms. The summed E-state index contributed by atoms with van der Waals surface area (Å²) in [6.07, 6.45) is 1.96. The van der Waals surface area contributed by atoms with Crippen LogP contribution in [-0.4, -0.2) is 29.0 Å². The second-order valence-corrected chi connectivity index (χ2v) is 9.17. The maximum absolute atomic E-state index is 6.30. The molecular weight excluding hydrogens is 276 g/mol. The van der Waals surface area contributed by atoms with Crippen LogP contribution in [-0.2, 0) is 7.05 Å². The van der Waals surface area contributed by atoms with Gasteiger partial charge in [0, 0.05) is 18.8 Å². The minimum absolute atomic E-state index is 0.00254. The van der Waals surface area contributed by atoms with Crippen LogP contribution in [0.4, 0.5) is 5.95 Å². The number of nitrogens with zero attached hydrogens (tertiary/aromatic N) is 4. The lowest BCUT2D eigenvalue weighted by molar-refractivity contribution is 0.568. The molecule has 0 aromatic carbocycles. The molecule has 0 saturated heterocycles. The SMILES string of the molecule is Cn1ccc2c(Cl)nc(N([SiH](C)C)C(C)(C)C)nc21. The van der Waals surface area contributed by atoms with Crippen molar-refractivity contribution in [2.24, 2.45) is 7.05 Å². The van der Waals surface area contributed by atoms with Crippen molar-refractivity contribution in [2.75, 3.05) is 4.57 Å². The molecule has 104 valence electrons. The van der Waals surface area contributed by atoms with Crippen molar-refractivity contribution in [1.29, 1.82) is 0 Å². The van der Waals surface area contributed by atoms with E-state index in [-0.39, 0.29) is 5.54 Å². The maximum atomic E-state index is 6.30. The van der Waals surface area contributed by atoms with E-state index in [0.717, 1.165) is 17.0 Å². The Balaban J connectivity index is 2.64. The zero-order chi connectivity index (χ0) is 14.4. The minimum atomic E-state index is -1.09. The Morgan fingerprint density at radius 1 is 1.26 bits per heavy atom. The van der Waals surface area contributed by atoms with Crippen LogP contribution in [0.2, 0.25) is 18.2 Å². The number of aromatic nitrogens is 3. The van der Waals surface area contributed by atoms with Gasteiger partial charge in [-0.15, -0.1) is 0 Å². The summed E-state index contributed by atoms with van der Waals surface area (Å²) >= 11 is 6.30. The van der Waals surface area contributed by atoms with Crippen LogP contribution in [0.1, 0.15) is 20.8 Å². The van der Waals surface area contributed by atoms with Crippen molar-refractivity contribution in [2.45, 2.75) is 39.4 Å². The molecule has 0 unspecified atom stereocenters. The van der Waals surface area contributed by atoms with E-state index in [1.807, 2.05) is 23.9 Å². The van der Waals surface area contributed by atoms with Crippen LogP contribution in [0.5, 0.6) is 0 Å². The van der Waals surface area contributed by atoms with Gasteiger partial charge in [0.05, 0.1) is 5.39 Å². The molecule has 0 bridgehead atoms. The van der Waals surface area contributed by atoms with E-state index in [1.54, 1.807) is 0 Å². The first-order valence-corrected chi connectivity index (χ1v) is 9.70. The molecule has 0 fully saturated rings. The van der Waals surface area contributed by atoms with E-state index in [0.29, 0.717) is 5.15 Å². The summed E-state index contributed by atoms with van der Waals surface area (Å²) < 4.78 is 4.31. The lowest BCUT2D eigenvalue weighted by atomic mass is 10.1. The first-order valence-electron chi connectivity index (χ1n) is 6.49. The van der Waals surface area contributed by atoms with E-state index in [4.69, 9.17) is 16.6 Å². The number of halogens is 1. The molecule has 2 aromatic heterocycles. The second kappa shape index (κ2) is 4.79. The topological polar surface area (TPSA) is 34.0 Å². The number of hydrogen-bond acceptors (Lipinski definition) is 3. The van der Waals surface area contributed by atoms with E-state index in [2.05, 4.69) is 43.4 Å². The molecule has 0 amide bonds. The normalized spacial score (nSPS) is 12.4. The summed E-state index contributed by atoms with van der Waals surface area (Å²) in [7, 11) is 0.882. The molecule has 6 heteroatoms. The van der Waals surface area contributed by atoms with Crippen LogP contribution in [0, 0.1) is 0 Å². The monoisotopic (exact) mass is 296 g/mol. The second-order valence-electron chi connectivity index (χ2n) is 6.11. The fraction of sp³-hybridized carbons (Fsp3) is 0.538. The summed E-state index contributed by atoms with van der Waals surface area (Å²) in [6.45, 7) is 11.1. The smallest absolute Gasteiger partial charge is 0.220 e. The van der Waals surface area contributed by atoms with Gasteiger partial charge in [0.2, 0.25) is 5.95 Å². The Hall–Kier alpha value is -1.07. The summed E-state index contributed by atoms with van der Waals surface area (Å²) in [5, 5.41) is 1.44. The summed E-state index contributed by atoms with van der Waals surface area (Å²) in [5.74, 6) is 0.744. The molecule has 0 radical (unpaired) electrons. The fourth-order valence-electron chi connectivity index (χ4n) is 2.50. The minimum Gasteiger partial charge on any atom is -0.366 e. The van der Waals surface area contributed by atoms with Crippen LogP contribution in [0.25, 0.3) is 11.0 Å². The molecule has 0 aliphatic rings. The quantitative estimate of drug-likeness (QED) is 0.630. The van der Waals surface area contributed by atoms with Crippen molar-refractivity contribution in [1.82, 2.24) is 14.5 Å². The van der Waals surface area contributed by atoms with Gasteiger partial charge in [0.25, 0.3) is 0 Å². The van der Waals surface area contributed by atoms with E-state index in [9.17, 15) is 0 Å². The molecule has 2 rings (SSSR count). The third kappa shape index (κ3) is 2.62. The molecule has 19 heavy (non-hydrogen) atoms. The Bertz CT molecular complexity index is 600. The largest absolute Gasteiger partial charge is 0.366 e. The summed E-state index contributed by atoms with van der Waals surface area (Å²) in [6, 6.07) is 1.95. The van der Waals surface area contributed by atoms with Gasteiger partial charge >= 0.3 is 0 Å². The number of rotatable bonds is 2. The van der Waals surface area contributed by atoms with Crippen LogP contribution < -0.4 is 4.57 Å². The van der Waals surface area contributed by atoms with Crippen LogP contribution >= 0.6 is 11.6 Å². The number of anilines is 1. The Morgan fingerprint density at radius 3 is 2.42 bits per heavy atom. The summed E-state index contributed by atoms with van der Waals surface area (Å²) in [4.78, 5) is 9.22. The molecule has 2 aromatic rings. The first kappa shape index (κ1) is 14.3. The molecule has 0 aliphatic heterocycles. The van der Waals surface area contributed by atoms with Gasteiger partial charge < -0.3 is 9.13 Å². The molecule has 4 nitrogen and oxygen atoms in total. The van der Waals surface area contributed by atoms with Gasteiger partial charge in [0.15, 0.2) is 0 Å². The van der Waals surface area contributed by atoms with Crippen molar-refractivity contribution in [3.63, 3.8) is 0 Å². The zero-order valence-corrected chi connectivity index (χ0v) is 14.3. The predicted molar refractivity (Wildman–Crippen MR) is 84.6 cm³/mol. The molecule has 0 atom stereocenters. The van der Waals surface area contributed by atoms with Gasteiger partial charge in [-0.3, -0.25) is 0 Å². The van der Waals surface area contributed by atoms with E-state index < -0.39 is 8.96 Å². The lowest BCUT2D eigenvalue weighted by Gasteiger charge is -2.39. The summed E-state index contributed by atoms with van der Waals surface area (Å²) in [5.41, 5.74) is 0.890. The van der Waals surface area contributed by atoms with Crippen molar-refractivity contribution in [3.8, 4) is 0 Å². The fourth-order valence-corrected chi connectivity index (χ4v) is 4.85. The van der Waals surface area contributed by atoms with Crippen molar-refractivity contribution >= 4 is 37.5 Å². The van der Waals surface area contributed by atoms with Crippen molar-refractivity contribution in [3.05, 3.63) is 17.4 Å². The zero-order valence-electron chi connectivity index (χ0n) is 12.4. The van der Waals surface area contributed by atoms with Gasteiger partial charge in [-0.1, -0.05) is 24.7 Å². The number of aryl methyl sites for hydroxylation is 1.